The van der Waals surface area contributed by atoms with Gasteiger partial charge in [-0.05, 0) is 82.7 Å². The molecule has 1 aliphatic carbocycles. The summed E-state index contributed by atoms with van der Waals surface area (Å²) in [6, 6.07) is 4.23. The fourth-order valence-electron chi connectivity index (χ4n) is 4.77. The SMILES string of the molecule is Cc1cc(NC(=O)c2c(C)c(C(=O)C(=O)NC3(C)CCC(S(C)(=O)=O)CC3)n(C)c2C)ccc1F. The van der Waals surface area contributed by atoms with Crippen LogP contribution in [-0.2, 0) is 21.7 Å². The number of aryl methyl sites for hydroxylation is 1. The Morgan fingerprint density at radius 2 is 1.71 bits per heavy atom. The number of carbonyl (C=O) groups is 3. The maximum absolute atomic E-state index is 13.6. The molecule has 1 heterocycles. The molecule has 0 saturated heterocycles. The minimum absolute atomic E-state index is 0.105. The number of halogens is 1. The first-order chi connectivity index (χ1) is 16.1. The van der Waals surface area contributed by atoms with E-state index < -0.39 is 38.2 Å². The quantitative estimate of drug-likeness (QED) is 0.461. The van der Waals surface area contributed by atoms with Crippen molar-refractivity contribution in [3.8, 4) is 0 Å². The molecular formula is C25H32FN3O5S. The van der Waals surface area contributed by atoms with E-state index in [0.717, 1.165) is 0 Å². The zero-order valence-corrected chi connectivity index (χ0v) is 21.7. The predicted molar refractivity (Wildman–Crippen MR) is 132 cm³/mol. The number of ketones is 1. The first-order valence-electron chi connectivity index (χ1n) is 11.4. The highest BCUT2D eigenvalue weighted by Gasteiger charge is 2.38. The third-order valence-electron chi connectivity index (χ3n) is 7.05. The van der Waals surface area contributed by atoms with Gasteiger partial charge in [0.25, 0.3) is 17.6 Å². The molecule has 1 aliphatic rings. The Balaban J connectivity index is 1.79. The van der Waals surface area contributed by atoms with Crippen LogP contribution in [0, 0.1) is 26.6 Å². The maximum Gasteiger partial charge on any atom is 0.294 e. The van der Waals surface area contributed by atoms with Crippen molar-refractivity contribution in [2.75, 3.05) is 11.6 Å². The Morgan fingerprint density at radius 3 is 2.26 bits per heavy atom. The first kappa shape index (κ1) is 26.6. The van der Waals surface area contributed by atoms with E-state index in [1.54, 1.807) is 27.8 Å². The third kappa shape index (κ3) is 5.47. The fourth-order valence-corrected chi connectivity index (χ4v) is 5.86. The predicted octanol–water partition coefficient (Wildman–Crippen LogP) is 3.39. The Bertz CT molecular complexity index is 1300. The number of sulfone groups is 1. The van der Waals surface area contributed by atoms with E-state index in [-0.39, 0.29) is 17.1 Å². The van der Waals surface area contributed by atoms with E-state index in [1.807, 2.05) is 6.92 Å². The fraction of sp³-hybridized carbons (Fsp3) is 0.480. The molecule has 0 bridgehead atoms. The van der Waals surface area contributed by atoms with Gasteiger partial charge in [-0.25, -0.2) is 12.8 Å². The first-order valence-corrected chi connectivity index (χ1v) is 13.4. The molecular weight excluding hydrogens is 473 g/mol. The summed E-state index contributed by atoms with van der Waals surface area (Å²) in [4.78, 5) is 39.1. The molecule has 10 heteroatoms. The average Bonchev–Trinajstić information content (AvgIpc) is 2.97. The number of anilines is 1. The van der Waals surface area contributed by atoms with Crippen molar-refractivity contribution in [1.29, 1.82) is 0 Å². The zero-order chi connectivity index (χ0) is 26.3. The van der Waals surface area contributed by atoms with Gasteiger partial charge >= 0.3 is 0 Å². The van der Waals surface area contributed by atoms with E-state index in [9.17, 15) is 27.2 Å². The van der Waals surface area contributed by atoms with Gasteiger partial charge in [-0.3, -0.25) is 14.4 Å². The van der Waals surface area contributed by atoms with Gasteiger partial charge in [-0.1, -0.05) is 0 Å². The minimum Gasteiger partial charge on any atom is -0.344 e. The highest BCUT2D eigenvalue weighted by atomic mass is 32.2. The number of aromatic nitrogens is 1. The standard InChI is InChI=1S/C25H32FN3O5S/c1-14-13-17(7-8-19(14)26)27-23(31)20-15(2)21(29(5)16(20)3)22(30)24(32)28-25(4)11-9-18(10-12-25)35(6,33)34/h7-8,13,18H,9-12H2,1-6H3,(H,27,31)(H,28,32). The third-order valence-corrected chi connectivity index (χ3v) is 8.73. The molecule has 2 N–H and O–H groups in total. The molecule has 35 heavy (non-hydrogen) atoms. The molecule has 1 aromatic heterocycles. The van der Waals surface area contributed by atoms with Crippen LogP contribution in [0.25, 0.3) is 0 Å². The second-order valence-electron chi connectivity index (χ2n) is 9.78. The summed E-state index contributed by atoms with van der Waals surface area (Å²) in [7, 11) is -1.54. The Hall–Kier alpha value is -3.01. The van der Waals surface area contributed by atoms with Gasteiger partial charge in [0.15, 0.2) is 0 Å². The van der Waals surface area contributed by atoms with Crippen molar-refractivity contribution in [2.45, 2.75) is 64.2 Å². The number of hydrogen-bond acceptors (Lipinski definition) is 5. The summed E-state index contributed by atoms with van der Waals surface area (Å²) < 4.78 is 38.7. The Morgan fingerprint density at radius 1 is 1.11 bits per heavy atom. The lowest BCUT2D eigenvalue weighted by Gasteiger charge is -2.37. The monoisotopic (exact) mass is 505 g/mol. The van der Waals surface area contributed by atoms with E-state index >= 15 is 0 Å². The van der Waals surface area contributed by atoms with E-state index in [2.05, 4.69) is 10.6 Å². The van der Waals surface area contributed by atoms with Crippen LogP contribution in [0.5, 0.6) is 0 Å². The molecule has 0 unspecified atom stereocenters. The minimum atomic E-state index is -3.15. The van der Waals surface area contributed by atoms with Crippen LogP contribution in [0.3, 0.4) is 0 Å². The number of Topliss-reactive ketones (excluding diaryl/α,β-unsaturated/α-hetero) is 1. The summed E-state index contributed by atoms with van der Waals surface area (Å²) in [5, 5.41) is 5.08. The van der Waals surface area contributed by atoms with Crippen molar-refractivity contribution >= 4 is 33.1 Å². The number of nitrogens with zero attached hydrogens (tertiary/aromatic N) is 1. The lowest BCUT2D eigenvalue weighted by molar-refractivity contribution is -0.119. The lowest BCUT2D eigenvalue weighted by atomic mass is 9.83. The van der Waals surface area contributed by atoms with E-state index in [0.29, 0.717) is 48.2 Å². The van der Waals surface area contributed by atoms with E-state index in [1.165, 1.54) is 29.0 Å². The van der Waals surface area contributed by atoms with Gasteiger partial charge in [-0.15, -0.1) is 0 Å². The van der Waals surface area contributed by atoms with Gasteiger partial charge in [-0.2, -0.15) is 0 Å². The molecule has 0 aliphatic heterocycles. The number of nitrogens with one attached hydrogen (secondary N) is 2. The summed E-state index contributed by atoms with van der Waals surface area (Å²) in [5.74, 6) is -2.41. The smallest absolute Gasteiger partial charge is 0.294 e. The second kappa shape index (κ2) is 9.56. The number of amides is 2. The van der Waals surface area contributed by atoms with E-state index in [4.69, 9.17) is 0 Å². The molecule has 2 amide bonds. The van der Waals surface area contributed by atoms with Crippen LogP contribution in [0.4, 0.5) is 10.1 Å². The van der Waals surface area contributed by atoms with Crippen LogP contribution < -0.4 is 10.6 Å². The molecule has 1 aromatic carbocycles. The van der Waals surface area contributed by atoms with Crippen LogP contribution in [0.15, 0.2) is 18.2 Å². The second-order valence-corrected chi connectivity index (χ2v) is 12.1. The normalized spacial score (nSPS) is 20.4. The van der Waals surface area contributed by atoms with Crippen molar-refractivity contribution in [1.82, 2.24) is 9.88 Å². The number of carbonyl (C=O) groups excluding carboxylic acids is 3. The molecule has 1 fully saturated rings. The van der Waals surface area contributed by atoms with Crippen LogP contribution >= 0.6 is 0 Å². The van der Waals surface area contributed by atoms with Crippen LogP contribution in [0.2, 0.25) is 0 Å². The Kier molecular flexibility index (Phi) is 7.26. The van der Waals surface area contributed by atoms with Gasteiger partial charge in [0.1, 0.15) is 15.7 Å². The molecule has 8 nitrogen and oxygen atoms in total. The van der Waals surface area contributed by atoms with Crippen molar-refractivity contribution < 1.29 is 27.2 Å². The van der Waals surface area contributed by atoms with Crippen LogP contribution in [-0.4, -0.2) is 47.6 Å². The highest BCUT2D eigenvalue weighted by molar-refractivity contribution is 7.91. The van der Waals surface area contributed by atoms with Crippen LogP contribution in [0.1, 0.15) is 70.3 Å². The average molecular weight is 506 g/mol. The largest absolute Gasteiger partial charge is 0.344 e. The molecule has 0 spiro atoms. The molecule has 0 atom stereocenters. The summed E-state index contributed by atoms with van der Waals surface area (Å²) in [6.45, 7) is 6.69. The molecule has 2 aromatic rings. The van der Waals surface area contributed by atoms with Gasteiger partial charge in [0.2, 0.25) is 0 Å². The summed E-state index contributed by atoms with van der Waals surface area (Å²) >= 11 is 0. The van der Waals surface area contributed by atoms with Gasteiger partial charge in [0, 0.05) is 30.2 Å². The van der Waals surface area contributed by atoms with Crippen molar-refractivity contribution in [3.05, 3.63) is 52.1 Å². The Labute approximate surface area is 205 Å². The number of hydrogen-bond donors (Lipinski definition) is 2. The maximum atomic E-state index is 13.6. The summed E-state index contributed by atoms with van der Waals surface area (Å²) in [5.41, 5.74) is 1.36. The number of benzene rings is 1. The summed E-state index contributed by atoms with van der Waals surface area (Å²) in [6.07, 6.45) is 2.94. The van der Waals surface area contributed by atoms with Crippen molar-refractivity contribution in [2.24, 2.45) is 7.05 Å². The van der Waals surface area contributed by atoms with Gasteiger partial charge < -0.3 is 15.2 Å². The molecule has 190 valence electrons. The molecule has 0 radical (unpaired) electrons. The lowest BCUT2D eigenvalue weighted by Crippen LogP contribution is -2.52. The molecule has 3 rings (SSSR count). The number of rotatable bonds is 6. The van der Waals surface area contributed by atoms with Gasteiger partial charge in [0.05, 0.1) is 16.5 Å². The topological polar surface area (TPSA) is 114 Å². The van der Waals surface area contributed by atoms with Crippen molar-refractivity contribution in [3.63, 3.8) is 0 Å². The highest BCUT2D eigenvalue weighted by Crippen LogP contribution is 2.32. The molecule has 1 saturated carbocycles. The zero-order valence-electron chi connectivity index (χ0n) is 20.9.